The standard InChI is InChI=1S/C11H10FN3O/c1-7-6-15(11(16)14-10(7)13)9-4-2-8(12)3-5-9/h2-6H,1H3,(H2,13,14,16). The molecule has 1 heterocycles. The Morgan fingerprint density at radius 3 is 2.56 bits per heavy atom. The second-order valence-electron chi connectivity index (χ2n) is 3.44. The van der Waals surface area contributed by atoms with Gasteiger partial charge in [-0.05, 0) is 31.2 Å². The van der Waals surface area contributed by atoms with E-state index in [4.69, 9.17) is 5.73 Å². The first kappa shape index (κ1) is 10.4. The lowest BCUT2D eigenvalue weighted by atomic mass is 10.3. The van der Waals surface area contributed by atoms with Gasteiger partial charge in [-0.1, -0.05) is 0 Å². The SMILES string of the molecule is Cc1cn(-c2ccc(F)cc2)c(=O)nc1N. The molecule has 0 aliphatic carbocycles. The largest absolute Gasteiger partial charge is 0.383 e. The van der Waals surface area contributed by atoms with Gasteiger partial charge in [-0.2, -0.15) is 4.98 Å². The molecule has 0 aliphatic heterocycles. The van der Waals surface area contributed by atoms with Gasteiger partial charge in [0.15, 0.2) is 0 Å². The Hall–Kier alpha value is -2.17. The lowest BCUT2D eigenvalue weighted by molar-refractivity contribution is 0.627. The van der Waals surface area contributed by atoms with Gasteiger partial charge in [0.05, 0.1) is 5.69 Å². The Balaban J connectivity index is 2.60. The number of halogens is 1. The van der Waals surface area contributed by atoms with Crippen LogP contribution in [0.1, 0.15) is 5.56 Å². The van der Waals surface area contributed by atoms with Crippen LogP contribution in [-0.4, -0.2) is 9.55 Å². The number of aromatic nitrogens is 2. The lowest BCUT2D eigenvalue weighted by Gasteiger charge is -2.06. The fourth-order valence-corrected chi connectivity index (χ4v) is 1.35. The van der Waals surface area contributed by atoms with Gasteiger partial charge in [-0.25, -0.2) is 9.18 Å². The maximum absolute atomic E-state index is 12.7. The average molecular weight is 219 g/mol. The molecule has 0 fully saturated rings. The van der Waals surface area contributed by atoms with E-state index in [1.165, 1.54) is 28.8 Å². The van der Waals surface area contributed by atoms with Gasteiger partial charge in [0.1, 0.15) is 11.6 Å². The van der Waals surface area contributed by atoms with Crippen LogP contribution < -0.4 is 11.4 Å². The predicted molar refractivity (Wildman–Crippen MR) is 58.9 cm³/mol. The molecule has 16 heavy (non-hydrogen) atoms. The average Bonchev–Trinajstić information content (AvgIpc) is 2.25. The zero-order valence-corrected chi connectivity index (χ0v) is 8.64. The van der Waals surface area contributed by atoms with Crippen LogP contribution in [0.3, 0.4) is 0 Å². The molecule has 0 saturated heterocycles. The zero-order valence-electron chi connectivity index (χ0n) is 8.64. The monoisotopic (exact) mass is 219 g/mol. The number of nitrogens with two attached hydrogens (primary N) is 1. The van der Waals surface area contributed by atoms with Gasteiger partial charge in [0, 0.05) is 11.8 Å². The summed E-state index contributed by atoms with van der Waals surface area (Å²) in [5, 5.41) is 0. The van der Waals surface area contributed by atoms with Crippen LogP contribution in [0.5, 0.6) is 0 Å². The molecule has 4 nitrogen and oxygen atoms in total. The quantitative estimate of drug-likeness (QED) is 0.785. The van der Waals surface area contributed by atoms with Crippen LogP contribution in [-0.2, 0) is 0 Å². The topological polar surface area (TPSA) is 60.9 Å². The molecule has 5 heteroatoms. The van der Waals surface area contributed by atoms with Crippen LogP contribution in [0, 0.1) is 12.7 Å². The third-order valence-electron chi connectivity index (χ3n) is 2.25. The van der Waals surface area contributed by atoms with E-state index in [1.54, 1.807) is 13.1 Å². The van der Waals surface area contributed by atoms with Crippen molar-refractivity contribution in [2.75, 3.05) is 5.73 Å². The van der Waals surface area contributed by atoms with Crippen molar-refractivity contribution >= 4 is 5.82 Å². The van der Waals surface area contributed by atoms with Crippen molar-refractivity contribution in [3.8, 4) is 5.69 Å². The van der Waals surface area contributed by atoms with Gasteiger partial charge in [0.25, 0.3) is 0 Å². The molecule has 0 saturated carbocycles. The summed E-state index contributed by atoms with van der Waals surface area (Å²) in [6, 6.07) is 5.59. The summed E-state index contributed by atoms with van der Waals surface area (Å²) < 4.78 is 14.0. The number of nitrogens with zero attached hydrogens (tertiary/aromatic N) is 2. The van der Waals surface area contributed by atoms with Crippen LogP contribution in [0.15, 0.2) is 35.3 Å². The number of rotatable bonds is 1. The maximum Gasteiger partial charge on any atom is 0.354 e. The van der Waals surface area contributed by atoms with Crippen molar-refractivity contribution < 1.29 is 4.39 Å². The Bertz CT molecular complexity index is 575. The molecule has 2 rings (SSSR count). The van der Waals surface area contributed by atoms with Gasteiger partial charge in [0.2, 0.25) is 0 Å². The molecular formula is C11H10FN3O. The molecule has 0 unspecified atom stereocenters. The summed E-state index contributed by atoms with van der Waals surface area (Å²) in [5.41, 5.74) is 6.29. The third-order valence-corrected chi connectivity index (χ3v) is 2.25. The highest BCUT2D eigenvalue weighted by atomic mass is 19.1. The Morgan fingerprint density at radius 1 is 1.31 bits per heavy atom. The van der Waals surface area contributed by atoms with Crippen molar-refractivity contribution in [1.29, 1.82) is 0 Å². The van der Waals surface area contributed by atoms with Gasteiger partial charge < -0.3 is 5.73 Å². The predicted octanol–water partition coefficient (Wildman–Crippen LogP) is 1.26. The van der Waals surface area contributed by atoms with Crippen LogP contribution in [0.25, 0.3) is 5.69 Å². The van der Waals surface area contributed by atoms with Crippen LogP contribution >= 0.6 is 0 Å². The van der Waals surface area contributed by atoms with Gasteiger partial charge >= 0.3 is 5.69 Å². The number of anilines is 1. The van der Waals surface area contributed by atoms with E-state index < -0.39 is 5.69 Å². The van der Waals surface area contributed by atoms with Crippen molar-refractivity contribution in [1.82, 2.24) is 9.55 Å². The summed E-state index contributed by atoms with van der Waals surface area (Å²) in [7, 11) is 0. The highest BCUT2D eigenvalue weighted by Crippen LogP contribution is 2.09. The van der Waals surface area contributed by atoms with Crippen LogP contribution in [0.4, 0.5) is 10.2 Å². The fourth-order valence-electron chi connectivity index (χ4n) is 1.35. The minimum absolute atomic E-state index is 0.211. The first-order chi connectivity index (χ1) is 7.58. The highest BCUT2D eigenvalue weighted by molar-refractivity contribution is 5.39. The lowest BCUT2D eigenvalue weighted by Crippen LogP contribution is -2.22. The minimum atomic E-state index is -0.477. The summed E-state index contributed by atoms with van der Waals surface area (Å²) in [6.07, 6.45) is 1.58. The zero-order chi connectivity index (χ0) is 11.7. The third kappa shape index (κ3) is 1.79. The van der Waals surface area contributed by atoms with Crippen molar-refractivity contribution in [3.63, 3.8) is 0 Å². The van der Waals surface area contributed by atoms with Crippen LogP contribution in [0.2, 0.25) is 0 Å². The molecular weight excluding hydrogens is 209 g/mol. The molecule has 1 aromatic carbocycles. The molecule has 2 aromatic rings. The van der Waals surface area contributed by atoms with E-state index in [9.17, 15) is 9.18 Å². The number of aryl methyl sites for hydroxylation is 1. The minimum Gasteiger partial charge on any atom is -0.383 e. The Morgan fingerprint density at radius 2 is 1.94 bits per heavy atom. The summed E-state index contributed by atoms with van der Waals surface area (Å²) >= 11 is 0. The molecule has 0 atom stereocenters. The summed E-state index contributed by atoms with van der Waals surface area (Å²) in [4.78, 5) is 15.2. The maximum atomic E-state index is 12.7. The van der Waals surface area contributed by atoms with E-state index in [1.807, 2.05) is 0 Å². The molecule has 0 bridgehead atoms. The molecule has 82 valence electrons. The molecule has 0 aliphatic rings. The van der Waals surface area contributed by atoms with Gasteiger partial charge in [-0.3, -0.25) is 4.57 Å². The molecule has 0 radical (unpaired) electrons. The van der Waals surface area contributed by atoms with E-state index in [0.717, 1.165) is 0 Å². The van der Waals surface area contributed by atoms with E-state index >= 15 is 0 Å². The van der Waals surface area contributed by atoms with E-state index in [2.05, 4.69) is 4.98 Å². The van der Waals surface area contributed by atoms with E-state index in [0.29, 0.717) is 11.3 Å². The molecule has 0 amide bonds. The number of hydrogen-bond donors (Lipinski definition) is 1. The fraction of sp³-hybridized carbons (Fsp3) is 0.0909. The first-order valence-corrected chi connectivity index (χ1v) is 4.69. The van der Waals surface area contributed by atoms with Crippen molar-refractivity contribution in [2.24, 2.45) is 0 Å². The molecule has 2 N–H and O–H groups in total. The Kier molecular flexibility index (Phi) is 2.44. The number of benzene rings is 1. The number of hydrogen-bond acceptors (Lipinski definition) is 3. The summed E-state index contributed by atoms with van der Waals surface area (Å²) in [6.45, 7) is 1.75. The normalized spacial score (nSPS) is 10.4. The smallest absolute Gasteiger partial charge is 0.354 e. The van der Waals surface area contributed by atoms with E-state index in [-0.39, 0.29) is 11.6 Å². The highest BCUT2D eigenvalue weighted by Gasteiger charge is 2.04. The molecule has 0 spiro atoms. The van der Waals surface area contributed by atoms with Gasteiger partial charge in [-0.15, -0.1) is 0 Å². The second kappa shape index (κ2) is 3.77. The summed E-state index contributed by atoms with van der Waals surface area (Å²) in [5.74, 6) is -0.139. The number of nitrogen functional groups attached to an aromatic ring is 1. The first-order valence-electron chi connectivity index (χ1n) is 4.69. The molecule has 1 aromatic heterocycles. The Labute approximate surface area is 91.2 Å². The second-order valence-corrected chi connectivity index (χ2v) is 3.44. The van der Waals surface area contributed by atoms with Crippen molar-refractivity contribution in [2.45, 2.75) is 6.92 Å². The van der Waals surface area contributed by atoms with Crippen molar-refractivity contribution in [3.05, 3.63) is 52.3 Å².